The van der Waals surface area contributed by atoms with Crippen LogP contribution in [-0.2, 0) is 6.54 Å². The Kier molecular flexibility index (Phi) is 3.67. The standard InChI is InChI=1S/C14H17N3O/c1-17(9-11-5-3-2-4-6-11)10-12-7-8-16-14(15)13(12)18/h2-6,8,10,18H,7,9,15H2,1H3. The summed E-state index contributed by atoms with van der Waals surface area (Å²) < 4.78 is 0. The summed E-state index contributed by atoms with van der Waals surface area (Å²) in [4.78, 5) is 5.90. The third-order valence-electron chi connectivity index (χ3n) is 2.74. The van der Waals surface area contributed by atoms with Gasteiger partial charge in [-0.15, -0.1) is 0 Å². The molecule has 1 aromatic carbocycles. The Balaban J connectivity index is 2.07. The predicted octanol–water partition coefficient (Wildman–Crippen LogP) is 2.16. The lowest BCUT2D eigenvalue weighted by Crippen LogP contribution is -2.14. The first kappa shape index (κ1) is 12.2. The van der Waals surface area contributed by atoms with E-state index >= 15 is 0 Å². The molecule has 1 aliphatic rings. The number of allylic oxidation sites excluding steroid dienone is 1. The number of benzene rings is 1. The molecule has 1 aromatic rings. The van der Waals surface area contributed by atoms with E-state index in [1.54, 1.807) is 6.21 Å². The fraction of sp³-hybridized carbons (Fsp3) is 0.214. The van der Waals surface area contributed by atoms with Crippen LogP contribution in [0.3, 0.4) is 0 Å². The molecule has 0 amide bonds. The van der Waals surface area contributed by atoms with Gasteiger partial charge >= 0.3 is 0 Å². The zero-order valence-corrected chi connectivity index (χ0v) is 10.4. The van der Waals surface area contributed by atoms with Crippen LogP contribution in [0.1, 0.15) is 12.0 Å². The Bertz CT molecular complexity index is 503. The van der Waals surface area contributed by atoms with Crippen molar-refractivity contribution in [2.75, 3.05) is 7.05 Å². The third kappa shape index (κ3) is 2.91. The lowest BCUT2D eigenvalue weighted by molar-refractivity contribution is 0.398. The maximum Gasteiger partial charge on any atom is 0.165 e. The second-order valence-electron chi connectivity index (χ2n) is 4.30. The SMILES string of the molecule is CN(C=C1CC=NC(N)=C1O)Cc1ccccc1. The number of hydrogen-bond donors (Lipinski definition) is 2. The van der Waals surface area contributed by atoms with Gasteiger partial charge in [-0.25, -0.2) is 4.99 Å². The molecule has 4 nitrogen and oxygen atoms in total. The Morgan fingerprint density at radius 2 is 2.11 bits per heavy atom. The molecule has 18 heavy (non-hydrogen) atoms. The maximum absolute atomic E-state index is 9.80. The van der Waals surface area contributed by atoms with Crippen LogP contribution in [0, 0.1) is 0 Å². The zero-order valence-electron chi connectivity index (χ0n) is 10.4. The van der Waals surface area contributed by atoms with Gasteiger partial charge in [-0.3, -0.25) is 0 Å². The van der Waals surface area contributed by atoms with Crippen molar-refractivity contribution in [1.29, 1.82) is 0 Å². The summed E-state index contributed by atoms with van der Waals surface area (Å²) in [5, 5.41) is 9.80. The van der Waals surface area contributed by atoms with Gasteiger partial charge in [0.1, 0.15) is 0 Å². The average Bonchev–Trinajstić information content (AvgIpc) is 2.36. The van der Waals surface area contributed by atoms with Gasteiger partial charge < -0.3 is 15.7 Å². The summed E-state index contributed by atoms with van der Waals surface area (Å²) in [7, 11) is 1.97. The number of nitrogens with zero attached hydrogens (tertiary/aromatic N) is 2. The van der Waals surface area contributed by atoms with Crippen molar-refractivity contribution in [2.24, 2.45) is 10.7 Å². The first-order valence-electron chi connectivity index (χ1n) is 5.83. The van der Waals surface area contributed by atoms with Crippen LogP contribution < -0.4 is 5.73 Å². The number of aliphatic hydroxyl groups excluding tert-OH is 1. The molecule has 1 aliphatic heterocycles. The molecule has 0 unspecified atom stereocenters. The van der Waals surface area contributed by atoms with Gasteiger partial charge in [0, 0.05) is 38.0 Å². The van der Waals surface area contributed by atoms with E-state index in [2.05, 4.69) is 17.1 Å². The van der Waals surface area contributed by atoms with Crippen LogP contribution in [0.25, 0.3) is 0 Å². The van der Waals surface area contributed by atoms with E-state index in [-0.39, 0.29) is 11.6 Å². The lowest BCUT2D eigenvalue weighted by Gasteiger charge is -2.18. The molecule has 94 valence electrons. The molecule has 0 fully saturated rings. The molecular formula is C14H17N3O. The highest BCUT2D eigenvalue weighted by Gasteiger charge is 2.12. The Morgan fingerprint density at radius 3 is 2.83 bits per heavy atom. The fourth-order valence-corrected chi connectivity index (χ4v) is 1.86. The summed E-state index contributed by atoms with van der Waals surface area (Å²) in [6.45, 7) is 0.786. The van der Waals surface area contributed by atoms with Gasteiger partial charge in [-0.2, -0.15) is 0 Å². The average molecular weight is 243 g/mol. The van der Waals surface area contributed by atoms with E-state index in [4.69, 9.17) is 5.73 Å². The van der Waals surface area contributed by atoms with Gasteiger partial charge in [0.05, 0.1) is 0 Å². The van der Waals surface area contributed by atoms with Crippen molar-refractivity contribution < 1.29 is 5.11 Å². The smallest absolute Gasteiger partial charge is 0.165 e. The van der Waals surface area contributed by atoms with Crippen molar-refractivity contribution in [3.63, 3.8) is 0 Å². The highest BCUT2D eigenvalue weighted by atomic mass is 16.3. The topological polar surface area (TPSA) is 61.8 Å². The molecule has 0 aromatic heterocycles. The van der Waals surface area contributed by atoms with Crippen LogP contribution in [0.15, 0.2) is 58.7 Å². The normalized spacial score (nSPS) is 17.3. The van der Waals surface area contributed by atoms with Crippen molar-refractivity contribution in [1.82, 2.24) is 4.90 Å². The van der Waals surface area contributed by atoms with Crippen molar-refractivity contribution >= 4 is 6.21 Å². The fourth-order valence-electron chi connectivity index (χ4n) is 1.86. The van der Waals surface area contributed by atoms with Crippen LogP contribution >= 0.6 is 0 Å². The molecule has 1 heterocycles. The minimum atomic E-state index is 0.0809. The van der Waals surface area contributed by atoms with Gasteiger partial charge in [0.15, 0.2) is 11.6 Å². The molecule has 0 spiro atoms. The Labute approximate surface area is 107 Å². The lowest BCUT2D eigenvalue weighted by atomic mass is 10.1. The van der Waals surface area contributed by atoms with E-state index in [0.717, 1.165) is 12.1 Å². The summed E-state index contributed by atoms with van der Waals surface area (Å²) in [6, 6.07) is 10.2. The first-order chi connectivity index (χ1) is 8.66. The van der Waals surface area contributed by atoms with Gasteiger partial charge in [-0.05, 0) is 5.56 Å². The van der Waals surface area contributed by atoms with Crippen molar-refractivity contribution in [3.05, 3.63) is 59.2 Å². The van der Waals surface area contributed by atoms with Crippen molar-refractivity contribution in [2.45, 2.75) is 13.0 Å². The molecule has 0 bridgehead atoms. The van der Waals surface area contributed by atoms with E-state index in [1.165, 1.54) is 5.56 Å². The van der Waals surface area contributed by atoms with Gasteiger partial charge in [0.2, 0.25) is 0 Å². The number of aliphatic hydroxyl groups is 1. The number of hydrogen-bond acceptors (Lipinski definition) is 4. The molecule has 2 rings (SSSR count). The highest BCUT2D eigenvalue weighted by molar-refractivity contribution is 5.67. The minimum absolute atomic E-state index is 0.0809. The number of rotatable bonds is 3. The summed E-state index contributed by atoms with van der Waals surface area (Å²) in [5.41, 5.74) is 7.58. The molecule has 3 N–H and O–H groups in total. The van der Waals surface area contributed by atoms with Crippen LogP contribution in [0.5, 0.6) is 0 Å². The molecule has 0 radical (unpaired) electrons. The number of aliphatic imine (C=N–C) groups is 1. The highest BCUT2D eigenvalue weighted by Crippen LogP contribution is 2.18. The van der Waals surface area contributed by atoms with Crippen LogP contribution in [-0.4, -0.2) is 23.3 Å². The first-order valence-corrected chi connectivity index (χ1v) is 5.83. The second-order valence-corrected chi connectivity index (χ2v) is 4.30. The minimum Gasteiger partial charge on any atom is -0.504 e. The van der Waals surface area contributed by atoms with E-state index < -0.39 is 0 Å². The Morgan fingerprint density at radius 1 is 1.39 bits per heavy atom. The molecule has 0 aliphatic carbocycles. The quantitative estimate of drug-likeness (QED) is 0.855. The van der Waals surface area contributed by atoms with Gasteiger partial charge in [0.25, 0.3) is 0 Å². The monoisotopic (exact) mass is 243 g/mol. The largest absolute Gasteiger partial charge is 0.504 e. The van der Waals surface area contributed by atoms with E-state index in [1.807, 2.05) is 36.3 Å². The van der Waals surface area contributed by atoms with Gasteiger partial charge in [-0.1, -0.05) is 30.3 Å². The third-order valence-corrected chi connectivity index (χ3v) is 2.74. The summed E-state index contributed by atoms with van der Waals surface area (Å²) in [6.07, 6.45) is 4.21. The molecule has 0 saturated heterocycles. The van der Waals surface area contributed by atoms with E-state index in [9.17, 15) is 5.11 Å². The maximum atomic E-state index is 9.80. The number of nitrogens with two attached hydrogens (primary N) is 1. The van der Waals surface area contributed by atoms with Crippen molar-refractivity contribution in [3.8, 4) is 0 Å². The Hall–Kier alpha value is -2.23. The van der Waals surface area contributed by atoms with Crippen LogP contribution in [0.2, 0.25) is 0 Å². The van der Waals surface area contributed by atoms with Crippen LogP contribution in [0.4, 0.5) is 0 Å². The zero-order chi connectivity index (χ0) is 13.0. The molecule has 0 atom stereocenters. The molecule has 0 saturated carbocycles. The summed E-state index contributed by atoms with van der Waals surface area (Å²) in [5.74, 6) is 0.262. The predicted molar refractivity (Wildman–Crippen MR) is 72.9 cm³/mol. The molecule has 4 heteroatoms. The van der Waals surface area contributed by atoms with E-state index in [0.29, 0.717) is 6.42 Å². The second kappa shape index (κ2) is 5.40. The summed E-state index contributed by atoms with van der Waals surface area (Å²) >= 11 is 0. The molecular weight excluding hydrogens is 226 g/mol.